The molecule has 0 aromatic carbocycles. The molecular formula is C8H12N4S. The Balaban J connectivity index is 1.85. The Morgan fingerprint density at radius 3 is 3.23 bits per heavy atom. The molecule has 2 rings (SSSR count). The normalized spacial score (nSPS) is 15.3. The topological polar surface area (TPSA) is 49.3 Å². The van der Waals surface area contributed by atoms with Crippen LogP contribution in [-0.2, 0) is 6.54 Å². The summed E-state index contributed by atoms with van der Waals surface area (Å²) in [6.07, 6.45) is 0. The predicted octanol–water partition coefficient (Wildman–Crippen LogP) is 0.500. The molecule has 1 aliphatic rings. The Morgan fingerprint density at radius 2 is 2.62 bits per heavy atom. The largest absolute Gasteiger partial charge is 0.355 e. The Hall–Kier alpha value is -1.10. The van der Waals surface area contributed by atoms with Crippen molar-refractivity contribution >= 4 is 17.3 Å². The highest BCUT2D eigenvalue weighted by Crippen LogP contribution is 2.07. The third kappa shape index (κ3) is 2.18. The number of aliphatic imine (C=N–C) groups is 1. The molecule has 0 spiro atoms. The maximum absolute atomic E-state index is 4.34. The van der Waals surface area contributed by atoms with Crippen LogP contribution in [-0.4, -0.2) is 24.0 Å². The van der Waals surface area contributed by atoms with Crippen LogP contribution in [0.1, 0.15) is 10.7 Å². The van der Waals surface area contributed by atoms with Crippen molar-refractivity contribution in [1.82, 2.24) is 15.6 Å². The lowest BCUT2D eigenvalue weighted by Gasteiger charge is -2.03. The van der Waals surface area contributed by atoms with E-state index >= 15 is 0 Å². The Bertz CT molecular complexity index is 318. The fraction of sp³-hybridized carbons (Fsp3) is 0.500. The average Bonchev–Trinajstić information content (AvgIpc) is 2.71. The van der Waals surface area contributed by atoms with Crippen LogP contribution < -0.4 is 10.6 Å². The van der Waals surface area contributed by atoms with Gasteiger partial charge in [-0.1, -0.05) is 0 Å². The first kappa shape index (κ1) is 8.50. The van der Waals surface area contributed by atoms with Crippen LogP contribution in [0, 0.1) is 6.92 Å². The smallest absolute Gasteiger partial charge is 0.191 e. The van der Waals surface area contributed by atoms with Gasteiger partial charge in [0, 0.05) is 11.9 Å². The molecule has 0 radical (unpaired) electrons. The van der Waals surface area contributed by atoms with Crippen molar-refractivity contribution in [3.05, 3.63) is 16.1 Å². The fourth-order valence-corrected chi connectivity index (χ4v) is 1.79. The van der Waals surface area contributed by atoms with Crippen molar-refractivity contribution in [1.29, 1.82) is 0 Å². The molecule has 0 bridgehead atoms. The Morgan fingerprint density at radius 1 is 1.69 bits per heavy atom. The highest BCUT2D eigenvalue weighted by Gasteiger charge is 2.04. The zero-order chi connectivity index (χ0) is 9.10. The van der Waals surface area contributed by atoms with Crippen LogP contribution >= 0.6 is 11.3 Å². The van der Waals surface area contributed by atoms with E-state index < -0.39 is 0 Å². The number of hydrogen-bond donors (Lipinski definition) is 2. The van der Waals surface area contributed by atoms with Gasteiger partial charge in [0.1, 0.15) is 0 Å². The second kappa shape index (κ2) is 3.74. The molecule has 0 saturated carbocycles. The second-order valence-corrected chi connectivity index (χ2v) is 3.93. The molecule has 0 saturated heterocycles. The summed E-state index contributed by atoms with van der Waals surface area (Å²) in [5.74, 6) is 0.894. The molecule has 4 nitrogen and oxygen atoms in total. The van der Waals surface area contributed by atoms with Crippen LogP contribution in [0.5, 0.6) is 0 Å². The van der Waals surface area contributed by atoms with Crippen molar-refractivity contribution < 1.29 is 0 Å². The van der Waals surface area contributed by atoms with Crippen molar-refractivity contribution in [3.8, 4) is 0 Å². The van der Waals surface area contributed by atoms with Gasteiger partial charge in [-0.05, 0) is 6.92 Å². The fourth-order valence-electron chi connectivity index (χ4n) is 1.18. The maximum Gasteiger partial charge on any atom is 0.191 e. The second-order valence-electron chi connectivity index (χ2n) is 2.87. The number of thiazole rings is 1. The lowest BCUT2D eigenvalue weighted by molar-refractivity contribution is 0.844. The van der Waals surface area contributed by atoms with Crippen LogP contribution in [0.15, 0.2) is 10.4 Å². The van der Waals surface area contributed by atoms with E-state index in [0.717, 1.165) is 36.3 Å². The zero-order valence-corrected chi connectivity index (χ0v) is 8.32. The van der Waals surface area contributed by atoms with E-state index in [0.29, 0.717) is 0 Å². The standard InChI is InChI=1S/C8H12N4S/c1-6-12-7(5-13-6)4-11-8-9-2-3-10-8/h5H,2-4H2,1H3,(H2,9,10,11). The summed E-state index contributed by atoms with van der Waals surface area (Å²) >= 11 is 1.68. The number of rotatable bonds is 2. The third-order valence-electron chi connectivity index (χ3n) is 1.78. The molecule has 0 unspecified atom stereocenters. The third-order valence-corrected chi connectivity index (χ3v) is 2.60. The van der Waals surface area contributed by atoms with Gasteiger partial charge in [0.15, 0.2) is 5.96 Å². The first-order valence-electron chi connectivity index (χ1n) is 4.28. The Labute approximate surface area is 81.1 Å². The molecular weight excluding hydrogens is 184 g/mol. The molecule has 13 heavy (non-hydrogen) atoms. The number of nitrogens with zero attached hydrogens (tertiary/aromatic N) is 2. The molecule has 0 atom stereocenters. The van der Waals surface area contributed by atoms with E-state index in [1.54, 1.807) is 11.3 Å². The minimum absolute atomic E-state index is 0.760. The van der Waals surface area contributed by atoms with Crippen molar-refractivity contribution in [2.24, 2.45) is 4.99 Å². The van der Waals surface area contributed by atoms with Crippen molar-refractivity contribution in [3.63, 3.8) is 0 Å². The highest BCUT2D eigenvalue weighted by atomic mass is 32.1. The lowest BCUT2D eigenvalue weighted by atomic mass is 10.5. The van der Waals surface area contributed by atoms with Gasteiger partial charge in [0.25, 0.3) is 0 Å². The van der Waals surface area contributed by atoms with E-state index in [1.807, 2.05) is 6.92 Å². The van der Waals surface area contributed by atoms with E-state index in [4.69, 9.17) is 0 Å². The molecule has 2 N–H and O–H groups in total. The molecule has 70 valence electrons. The van der Waals surface area contributed by atoms with Crippen LogP contribution in [0.25, 0.3) is 0 Å². The van der Waals surface area contributed by atoms with Gasteiger partial charge < -0.3 is 10.6 Å². The quantitative estimate of drug-likeness (QED) is 0.724. The van der Waals surface area contributed by atoms with E-state index in [-0.39, 0.29) is 0 Å². The lowest BCUT2D eigenvalue weighted by Crippen LogP contribution is -2.33. The van der Waals surface area contributed by atoms with Crippen LogP contribution in [0.2, 0.25) is 0 Å². The predicted molar refractivity (Wildman–Crippen MR) is 54.0 cm³/mol. The molecule has 1 aliphatic heterocycles. The molecule has 2 heterocycles. The summed E-state index contributed by atoms with van der Waals surface area (Å²) in [7, 11) is 0. The van der Waals surface area contributed by atoms with Crippen LogP contribution in [0.3, 0.4) is 0 Å². The minimum Gasteiger partial charge on any atom is -0.355 e. The van der Waals surface area contributed by atoms with Gasteiger partial charge in [0.2, 0.25) is 0 Å². The molecule has 1 aromatic heterocycles. The van der Waals surface area contributed by atoms with Gasteiger partial charge in [-0.3, -0.25) is 4.99 Å². The zero-order valence-electron chi connectivity index (χ0n) is 7.50. The Kier molecular flexibility index (Phi) is 2.44. The summed E-state index contributed by atoms with van der Waals surface area (Å²) in [5.41, 5.74) is 1.08. The highest BCUT2D eigenvalue weighted by molar-refractivity contribution is 7.09. The number of guanidine groups is 1. The van der Waals surface area contributed by atoms with Gasteiger partial charge in [-0.2, -0.15) is 0 Å². The molecule has 1 aromatic rings. The summed E-state index contributed by atoms with van der Waals surface area (Å²) < 4.78 is 0. The summed E-state index contributed by atoms with van der Waals surface area (Å²) in [6.45, 7) is 4.59. The monoisotopic (exact) mass is 196 g/mol. The molecule has 5 heteroatoms. The van der Waals surface area contributed by atoms with Crippen molar-refractivity contribution in [2.45, 2.75) is 13.5 Å². The van der Waals surface area contributed by atoms with Gasteiger partial charge >= 0.3 is 0 Å². The number of aryl methyl sites for hydroxylation is 1. The molecule has 0 amide bonds. The minimum atomic E-state index is 0.760. The van der Waals surface area contributed by atoms with E-state index in [9.17, 15) is 0 Å². The number of hydrogen-bond acceptors (Lipinski definition) is 5. The van der Waals surface area contributed by atoms with Gasteiger partial charge in [0.05, 0.1) is 23.8 Å². The first-order chi connectivity index (χ1) is 6.34. The molecule has 0 fully saturated rings. The summed E-state index contributed by atoms with van der Waals surface area (Å²) in [4.78, 5) is 8.57. The van der Waals surface area contributed by atoms with Gasteiger partial charge in [-0.15, -0.1) is 11.3 Å². The van der Waals surface area contributed by atoms with E-state index in [2.05, 4.69) is 26.0 Å². The first-order valence-corrected chi connectivity index (χ1v) is 5.16. The average molecular weight is 196 g/mol. The molecule has 0 aliphatic carbocycles. The SMILES string of the molecule is Cc1nc(CNC2=NCCN2)cs1. The van der Waals surface area contributed by atoms with Gasteiger partial charge in [-0.25, -0.2) is 4.98 Å². The number of nitrogens with one attached hydrogen (secondary N) is 2. The van der Waals surface area contributed by atoms with Crippen LogP contribution in [0.4, 0.5) is 0 Å². The summed E-state index contributed by atoms with van der Waals surface area (Å²) in [6, 6.07) is 0. The number of aromatic nitrogens is 1. The van der Waals surface area contributed by atoms with E-state index in [1.165, 1.54) is 0 Å². The summed E-state index contributed by atoms with van der Waals surface area (Å²) in [5, 5.41) is 9.52. The maximum atomic E-state index is 4.34. The van der Waals surface area contributed by atoms with Crippen molar-refractivity contribution in [2.75, 3.05) is 13.1 Å².